The summed E-state index contributed by atoms with van der Waals surface area (Å²) in [5.41, 5.74) is 7.80. The number of benzene rings is 1. The van der Waals surface area contributed by atoms with Gasteiger partial charge in [0.25, 0.3) is 0 Å². The first-order valence-electron chi connectivity index (χ1n) is 7.03. The standard InChI is InChI=1S/C15H18ClN5/c16-12-1-3-13(4-2-12)20-7-9-21(10-8-20)15-14(11-17)18-5-6-19-15/h1-6H,7-11,17H2. The minimum atomic E-state index is 0.417. The number of piperazine rings is 1. The zero-order chi connectivity index (χ0) is 14.7. The fraction of sp³-hybridized carbons (Fsp3) is 0.333. The summed E-state index contributed by atoms with van der Waals surface area (Å²) in [5, 5.41) is 0.768. The van der Waals surface area contributed by atoms with E-state index in [0.717, 1.165) is 42.7 Å². The third kappa shape index (κ3) is 3.09. The first-order valence-corrected chi connectivity index (χ1v) is 7.41. The highest BCUT2D eigenvalue weighted by Gasteiger charge is 2.20. The molecule has 2 heterocycles. The number of hydrogen-bond donors (Lipinski definition) is 1. The Morgan fingerprint density at radius 3 is 2.24 bits per heavy atom. The number of aromatic nitrogens is 2. The summed E-state index contributed by atoms with van der Waals surface area (Å²) in [6.07, 6.45) is 3.41. The van der Waals surface area contributed by atoms with Crippen LogP contribution in [0.25, 0.3) is 0 Å². The molecule has 6 heteroatoms. The van der Waals surface area contributed by atoms with Crippen LogP contribution < -0.4 is 15.5 Å². The molecule has 0 bridgehead atoms. The highest BCUT2D eigenvalue weighted by atomic mass is 35.5. The van der Waals surface area contributed by atoms with E-state index in [1.807, 2.05) is 12.1 Å². The molecule has 1 aromatic carbocycles. The number of nitrogens with two attached hydrogens (primary N) is 1. The summed E-state index contributed by atoms with van der Waals surface area (Å²) in [7, 11) is 0. The van der Waals surface area contributed by atoms with Crippen molar-refractivity contribution in [1.29, 1.82) is 0 Å². The van der Waals surface area contributed by atoms with Crippen LogP contribution in [-0.2, 0) is 6.54 Å². The number of anilines is 2. The van der Waals surface area contributed by atoms with Crippen LogP contribution in [0.2, 0.25) is 5.02 Å². The van der Waals surface area contributed by atoms with Gasteiger partial charge in [-0.1, -0.05) is 11.6 Å². The monoisotopic (exact) mass is 303 g/mol. The molecule has 0 unspecified atom stereocenters. The lowest BCUT2D eigenvalue weighted by Gasteiger charge is -2.37. The third-order valence-corrected chi connectivity index (χ3v) is 3.97. The van der Waals surface area contributed by atoms with Crippen molar-refractivity contribution < 1.29 is 0 Å². The van der Waals surface area contributed by atoms with E-state index in [0.29, 0.717) is 6.54 Å². The SMILES string of the molecule is NCc1nccnc1N1CCN(c2ccc(Cl)cc2)CC1. The Morgan fingerprint density at radius 2 is 1.57 bits per heavy atom. The van der Waals surface area contributed by atoms with Gasteiger partial charge in [-0.3, -0.25) is 4.98 Å². The summed E-state index contributed by atoms with van der Waals surface area (Å²) in [5.74, 6) is 0.913. The van der Waals surface area contributed by atoms with E-state index in [1.165, 1.54) is 5.69 Å². The van der Waals surface area contributed by atoms with E-state index < -0.39 is 0 Å². The summed E-state index contributed by atoms with van der Waals surface area (Å²) >= 11 is 5.93. The van der Waals surface area contributed by atoms with Crippen molar-refractivity contribution in [2.24, 2.45) is 5.73 Å². The normalized spacial score (nSPS) is 15.3. The maximum Gasteiger partial charge on any atom is 0.151 e. The molecule has 3 rings (SSSR count). The van der Waals surface area contributed by atoms with E-state index in [9.17, 15) is 0 Å². The van der Waals surface area contributed by atoms with E-state index >= 15 is 0 Å². The van der Waals surface area contributed by atoms with Gasteiger partial charge in [0.05, 0.1) is 5.69 Å². The molecule has 0 atom stereocenters. The lowest BCUT2D eigenvalue weighted by molar-refractivity contribution is 0.642. The Hall–Kier alpha value is -1.85. The fourth-order valence-electron chi connectivity index (χ4n) is 2.60. The Labute approximate surface area is 129 Å². The highest BCUT2D eigenvalue weighted by Crippen LogP contribution is 2.22. The highest BCUT2D eigenvalue weighted by molar-refractivity contribution is 6.30. The Balaban J connectivity index is 1.69. The molecule has 0 spiro atoms. The Bertz CT molecular complexity index is 593. The molecular formula is C15H18ClN5. The van der Waals surface area contributed by atoms with Crippen LogP contribution in [0, 0.1) is 0 Å². The molecule has 110 valence electrons. The van der Waals surface area contributed by atoms with Crippen molar-refractivity contribution in [3.8, 4) is 0 Å². The topological polar surface area (TPSA) is 58.3 Å². The van der Waals surface area contributed by atoms with Crippen molar-refractivity contribution in [3.63, 3.8) is 0 Å². The smallest absolute Gasteiger partial charge is 0.151 e. The summed E-state index contributed by atoms with van der Waals surface area (Å²) in [4.78, 5) is 13.3. The molecule has 5 nitrogen and oxygen atoms in total. The molecule has 0 saturated carbocycles. The molecule has 1 aliphatic heterocycles. The minimum Gasteiger partial charge on any atom is -0.368 e. The van der Waals surface area contributed by atoms with Gasteiger partial charge in [0, 0.05) is 55.8 Å². The molecule has 1 aliphatic rings. The van der Waals surface area contributed by atoms with E-state index in [4.69, 9.17) is 17.3 Å². The largest absolute Gasteiger partial charge is 0.368 e. The molecule has 1 aromatic heterocycles. The summed E-state index contributed by atoms with van der Waals surface area (Å²) < 4.78 is 0. The lowest BCUT2D eigenvalue weighted by Crippen LogP contribution is -2.47. The second-order valence-corrected chi connectivity index (χ2v) is 5.42. The van der Waals surface area contributed by atoms with Crippen LogP contribution in [0.5, 0.6) is 0 Å². The molecule has 1 fully saturated rings. The van der Waals surface area contributed by atoms with Gasteiger partial charge in [-0.2, -0.15) is 0 Å². The molecule has 0 amide bonds. The van der Waals surface area contributed by atoms with Crippen LogP contribution >= 0.6 is 11.6 Å². The van der Waals surface area contributed by atoms with E-state index in [2.05, 4.69) is 31.9 Å². The van der Waals surface area contributed by atoms with Crippen LogP contribution in [0.1, 0.15) is 5.69 Å². The molecule has 2 aromatic rings. The Kier molecular flexibility index (Phi) is 4.22. The van der Waals surface area contributed by atoms with Crippen LogP contribution in [0.3, 0.4) is 0 Å². The molecule has 1 saturated heterocycles. The van der Waals surface area contributed by atoms with Gasteiger partial charge >= 0.3 is 0 Å². The number of nitrogens with zero attached hydrogens (tertiary/aromatic N) is 4. The summed E-state index contributed by atoms with van der Waals surface area (Å²) in [6.45, 7) is 4.13. The van der Waals surface area contributed by atoms with Crippen LogP contribution in [-0.4, -0.2) is 36.1 Å². The zero-order valence-corrected chi connectivity index (χ0v) is 12.5. The van der Waals surface area contributed by atoms with Crippen molar-refractivity contribution in [3.05, 3.63) is 47.4 Å². The molecular weight excluding hydrogens is 286 g/mol. The zero-order valence-electron chi connectivity index (χ0n) is 11.7. The lowest BCUT2D eigenvalue weighted by atomic mass is 10.2. The predicted octanol–water partition coefficient (Wildman–Crippen LogP) is 1.92. The van der Waals surface area contributed by atoms with Gasteiger partial charge in [0.15, 0.2) is 5.82 Å². The molecule has 2 N–H and O–H groups in total. The van der Waals surface area contributed by atoms with Gasteiger partial charge in [-0.05, 0) is 24.3 Å². The number of rotatable bonds is 3. The minimum absolute atomic E-state index is 0.417. The first-order chi connectivity index (χ1) is 10.3. The van der Waals surface area contributed by atoms with Gasteiger partial charge in [0.2, 0.25) is 0 Å². The van der Waals surface area contributed by atoms with E-state index in [1.54, 1.807) is 12.4 Å². The molecule has 0 radical (unpaired) electrons. The Morgan fingerprint density at radius 1 is 0.952 bits per heavy atom. The van der Waals surface area contributed by atoms with Crippen LogP contribution in [0.4, 0.5) is 11.5 Å². The first kappa shape index (κ1) is 14.1. The van der Waals surface area contributed by atoms with Gasteiger partial charge in [0.1, 0.15) is 0 Å². The van der Waals surface area contributed by atoms with Crippen LogP contribution in [0.15, 0.2) is 36.7 Å². The second-order valence-electron chi connectivity index (χ2n) is 4.98. The predicted molar refractivity (Wildman–Crippen MR) is 85.8 cm³/mol. The second kappa shape index (κ2) is 6.28. The third-order valence-electron chi connectivity index (χ3n) is 3.72. The average molecular weight is 304 g/mol. The van der Waals surface area contributed by atoms with E-state index in [-0.39, 0.29) is 0 Å². The fourth-order valence-corrected chi connectivity index (χ4v) is 2.72. The average Bonchev–Trinajstić information content (AvgIpc) is 2.56. The van der Waals surface area contributed by atoms with Gasteiger partial charge < -0.3 is 15.5 Å². The summed E-state index contributed by atoms with van der Waals surface area (Å²) in [6, 6.07) is 7.98. The van der Waals surface area contributed by atoms with Crippen molar-refractivity contribution >= 4 is 23.1 Å². The van der Waals surface area contributed by atoms with Gasteiger partial charge in [-0.15, -0.1) is 0 Å². The van der Waals surface area contributed by atoms with Crippen molar-refractivity contribution in [2.75, 3.05) is 36.0 Å². The molecule has 0 aliphatic carbocycles. The number of halogens is 1. The maximum absolute atomic E-state index is 5.93. The van der Waals surface area contributed by atoms with Gasteiger partial charge in [-0.25, -0.2) is 4.98 Å². The van der Waals surface area contributed by atoms with Crippen molar-refractivity contribution in [1.82, 2.24) is 9.97 Å². The molecule has 21 heavy (non-hydrogen) atoms. The number of hydrogen-bond acceptors (Lipinski definition) is 5. The maximum atomic E-state index is 5.93. The van der Waals surface area contributed by atoms with Crippen molar-refractivity contribution in [2.45, 2.75) is 6.54 Å². The quantitative estimate of drug-likeness (QED) is 0.939.